The molecule has 1 aromatic rings. The van der Waals surface area contributed by atoms with Crippen molar-refractivity contribution in [2.75, 3.05) is 24.2 Å². The maximum absolute atomic E-state index is 11.1. The number of hydrogen-bond donors (Lipinski definition) is 3. The third-order valence-corrected chi connectivity index (χ3v) is 2.50. The summed E-state index contributed by atoms with van der Waals surface area (Å²) in [5.41, 5.74) is 6.31. The van der Waals surface area contributed by atoms with Crippen LogP contribution < -0.4 is 11.1 Å². The van der Waals surface area contributed by atoms with Crippen molar-refractivity contribution >= 4 is 28.9 Å². The van der Waals surface area contributed by atoms with Crippen molar-refractivity contribution in [3.8, 4) is 0 Å². The van der Waals surface area contributed by atoms with Crippen LogP contribution in [0, 0.1) is 0 Å². The summed E-state index contributed by atoms with van der Waals surface area (Å²) in [6.07, 6.45) is 0.132. The van der Waals surface area contributed by atoms with Crippen LogP contribution in [0.3, 0.4) is 0 Å². The van der Waals surface area contributed by atoms with Gasteiger partial charge in [-0.05, 0) is 26.0 Å². The zero-order chi connectivity index (χ0) is 13.7. The lowest BCUT2D eigenvalue weighted by atomic mass is 10.1. The molecule has 0 atom stereocenters. The fourth-order valence-corrected chi connectivity index (χ4v) is 1.74. The molecule has 1 aromatic carbocycles. The number of carbonyl (C=O) groups is 1. The van der Waals surface area contributed by atoms with E-state index in [2.05, 4.69) is 5.32 Å². The third kappa shape index (κ3) is 4.09. The molecule has 0 aromatic heterocycles. The summed E-state index contributed by atoms with van der Waals surface area (Å²) in [4.78, 5) is 11.1. The van der Waals surface area contributed by atoms with Crippen LogP contribution in [0.1, 0.15) is 24.2 Å². The average Bonchev–Trinajstić information content (AvgIpc) is 2.25. The van der Waals surface area contributed by atoms with Gasteiger partial charge in [0.2, 0.25) is 0 Å². The van der Waals surface area contributed by atoms with Gasteiger partial charge >= 0.3 is 5.97 Å². The zero-order valence-electron chi connectivity index (χ0n) is 10.4. The number of ether oxygens (including phenoxy) is 1. The molecule has 0 aliphatic carbocycles. The topological polar surface area (TPSA) is 84.6 Å². The minimum Gasteiger partial charge on any atom is -0.478 e. The highest BCUT2D eigenvalue weighted by molar-refractivity contribution is 6.34. The molecule has 0 spiro atoms. The number of carboxylic acid groups (broad SMARTS) is 1. The molecular formula is C12H17ClN2O3. The lowest BCUT2D eigenvalue weighted by molar-refractivity contribution is 0.0697. The maximum atomic E-state index is 11.1. The van der Waals surface area contributed by atoms with Crippen LogP contribution in [0.25, 0.3) is 0 Å². The highest BCUT2D eigenvalue weighted by Crippen LogP contribution is 2.29. The first-order valence-corrected chi connectivity index (χ1v) is 5.97. The van der Waals surface area contributed by atoms with Crippen LogP contribution in [0.15, 0.2) is 12.1 Å². The molecule has 0 saturated carbocycles. The molecule has 0 unspecified atom stereocenters. The Morgan fingerprint density at radius 3 is 2.78 bits per heavy atom. The van der Waals surface area contributed by atoms with Gasteiger partial charge in [0.25, 0.3) is 0 Å². The molecular weight excluding hydrogens is 256 g/mol. The van der Waals surface area contributed by atoms with E-state index in [1.165, 1.54) is 12.1 Å². The van der Waals surface area contributed by atoms with Crippen LogP contribution in [0.2, 0.25) is 5.02 Å². The smallest absolute Gasteiger partial charge is 0.337 e. The number of nitrogen functional groups attached to an aromatic ring is 1. The molecule has 4 N–H and O–H groups in total. The summed E-state index contributed by atoms with van der Waals surface area (Å²) in [5.74, 6) is -1.07. The minimum absolute atomic E-state index is 0.0598. The van der Waals surface area contributed by atoms with Crippen molar-refractivity contribution in [3.05, 3.63) is 22.7 Å². The van der Waals surface area contributed by atoms with E-state index in [9.17, 15) is 4.79 Å². The summed E-state index contributed by atoms with van der Waals surface area (Å²) in [6.45, 7) is 4.80. The predicted molar refractivity (Wildman–Crippen MR) is 72.4 cm³/mol. The normalized spacial score (nSPS) is 10.7. The largest absolute Gasteiger partial charge is 0.478 e. The van der Waals surface area contributed by atoms with Crippen LogP contribution in [0.5, 0.6) is 0 Å². The zero-order valence-corrected chi connectivity index (χ0v) is 11.1. The van der Waals surface area contributed by atoms with Gasteiger partial charge in [-0.3, -0.25) is 0 Å². The predicted octanol–water partition coefficient (Wildman–Crippen LogP) is 2.46. The Labute approximate surface area is 111 Å². The van der Waals surface area contributed by atoms with Gasteiger partial charge < -0.3 is 20.9 Å². The van der Waals surface area contributed by atoms with Crippen molar-refractivity contribution < 1.29 is 14.6 Å². The maximum Gasteiger partial charge on any atom is 0.337 e. The molecule has 0 saturated heterocycles. The molecule has 100 valence electrons. The fourth-order valence-electron chi connectivity index (χ4n) is 1.45. The summed E-state index contributed by atoms with van der Waals surface area (Å²) in [5, 5.41) is 12.3. The second kappa shape index (κ2) is 6.47. The van der Waals surface area contributed by atoms with Gasteiger partial charge in [-0.15, -0.1) is 0 Å². The van der Waals surface area contributed by atoms with Crippen molar-refractivity contribution in [1.29, 1.82) is 0 Å². The minimum atomic E-state index is -1.07. The Morgan fingerprint density at radius 2 is 2.22 bits per heavy atom. The SMILES string of the molecule is CC(C)OCCNc1c(Cl)cc(N)cc1C(=O)O. The fraction of sp³-hybridized carbons (Fsp3) is 0.417. The molecule has 0 bridgehead atoms. The van der Waals surface area contributed by atoms with Crippen molar-refractivity contribution in [2.45, 2.75) is 20.0 Å². The Hall–Kier alpha value is -1.46. The Balaban J connectivity index is 2.77. The molecule has 0 radical (unpaired) electrons. The number of carboxylic acids is 1. The van der Waals surface area contributed by atoms with Crippen LogP contribution in [-0.2, 0) is 4.74 Å². The molecule has 1 rings (SSSR count). The third-order valence-electron chi connectivity index (χ3n) is 2.20. The highest BCUT2D eigenvalue weighted by Gasteiger charge is 2.14. The second-order valence-corrected chi connectivity index (χ2v) is 4.48. The number of rotatable bonds is 6. The van der Waals surface area contributed by atoms with Gasteiger partial charge in [0.15, 0.2) is 0 Å². The van der Waals surface area contributed by atoms with Crippen molar-refractivity contribution in [3.63, 3.8) is 0 Å². The molecule has 5 nitrogen and oxygen atoms in total. The van der Waals surface area contributed by atoms with Crippen LogP contribution in [-0.4, -0.2) is 30.3 Å². The standard InChI is InChI=1S/C12H17ClN2O3/c1-7(2)18-4-3-15-11-9(12(16)17)5-8(14)6-10(11)13/h5-7,15H,3-4,14H2,1-2H3,(H,16,17). The molecule has 0 amide bonds. The van der Waals surface area contributed by atoms with Crippen molar-refractivity contribution in [2.24, 2.45) is 0 Å². The van der Waals surface area contributed by atoms with E-state index < -0.39 is 5.97 Å². The molecule has 0 aliphatic rings. The van der Waals surface area contributed by atoms with Gasteiger partial charge in [0.05, 0.1) is 29.0 Å². The molecule has 18 heavy (non-hydrogen) atoms. The van der Waals surface area contributed by atoms with Crippen LogP contribution >= 0.6 is 11.6 Å². The summed E-state index contributed by atoms with van der Waals surface area (Å²) < 4.78 is 5.35. The van der Waals surface area contributed by atoms with Gasteiger partial charge in [0, 0.05) is 12.2 Å². The summed E-state index contributed by atoms with van der Waals surface area (Å²) in [7, 11) is 0. The number of aromatic carboxylic acids is 1. The van der Waals surface area contributed by atoms with E-state index in [1.54, 1.807) is 0 Å². The number of halogens is 1. The Morgan fingerprint density at radius 1 is 1.56 bits per heavy atom. The van der Waals surface area contributed by atoms with E-state index >= 15 is 0 Å². The number of nitrogens with two attached hydrogens (primary N) is 1. The van der Waals surface area contributed by atoms with Gasteiger partial charge in [0.1, 0.15) is 0 Å². The first-order valence-electron chi connectivity index (χ1n) is 5.59. The molecule has 6 heteroatoms. The lowest BCUT2D eigenvalue weighted by Crippen LogP contribution is -2.15. The molecule has 0 fully saturated rings. The second-order valence-electron chi connectivity index (χ2n) is 4.08. The number of benzene rings is 1. The van der Waals surface area contributed by atoms with Gasteiger partial charge in [-0.1, -0.05) is 11.6 Å². The lowest BCUT2D eigenvalue weighted by Gasteiger charge is -2.13. The first-order chi connectivity index (χ1) is 8.41. The van der Waals surface area contributed by atoms with E-state index in [4.69, 9.17) is 27.2 Å². The summed E-state index contributed by atoms with van der Waals surface area (Å²) in [6, 6.07) is 2.89. The van der Waals surface area contributed by atoms with E-state index in [0.717, 1.165) is 0 Å². The number of hydrogen-bond acceptors (Lipinski definition) is 4. The Bertz CT molecular complexity index is 436. The van der Waals surface area contributed by atoms with Gasteiger partial charge in [-0.2, -0.15) is 0 Å². The van der Waals surface area contributed by atoms with E-state index in [-0.39, 0.29) is 16.7 Å². The van der Waals surface area contributed by atoms with Crippen LogP contribution in [0.4, 0.5) is 11.4 Å². The van der Waals surface area contributed by atoms with E-state index in [0.29, 0.717) is 24.5 Å². The number of nitrogens with one attached hydrogen (secondary N) is 1. The van der Waals surface area contributed by atoms with Crippen molar-refractivity contribution in [1.82, 2.24) is 0 Å². The molecule has 0 heterocycles. The first kappa shape index (κ1) is 14.6. The number of anilines is 2. The summed E-state index contributed by atoms with van der Waals surface area (Å²) >= 11 is 5.97. The van der Waals surface area contributed by atoms with E-state index in [1.807, 2.05) is 13.8 Å². The average molecular weight is 273 g/mol. The quantitative estimate of drug-likeness (QED) is 0.547. The monoisotopic (exact) mass is 272 g/mol. The molecule has 0 aliphatic heterocycles. The Kier molecular flexibility index (Phi) is 5.25. The van der Waals surface area contributed by atoms with Gasteiger partial charge in [-0.25, -0.2) is 4.79 Å². The highest BCUT2D eigenvalue weighted by atomic mass is 35.5.